The van der Waals surface area contributed by atoms with E-state index in [1.54, 1.807) is 42.5 Å². The van der Waals surface area contributed by atoms with Crippen molar-refractivity contribution in [2.45, 2.75) is 30.3 Å². The maximum atomic E-state index is 12.2. The molecule has 0 saturated heterocycles. The van der Waals surface area contributed by atoms with Crippen LogP contribution in [0.5, 0.6) is 0 Å². The number of aliphatic hydroxyl groups is 1. The Morgan fingerprint density at radius 2 is 1.86 bits per heavy atom. The first-order chi connectivity index (χ1) is 13.3. The molecule has 28 heavy (non-hydrogen) atoms. The second-order valence-electron chi connectivity index (χ2n) is 6.49. The minimum Gasteiger partial charge on any atom is -0.481 e. The normalized spacial score (nSPS) is 12.6. The summed E-state index contributed by atoms with van der Waals surface area (Å²) >= 11 is 5.92. The van der Waals surface area contributed by atoms with Crippen LogP contribution in [0.2, 0.25) is 5.02 Å². The molecule has 2 rings (SSSR count). The predicted octanol–water partition coefficient (Wildman–Crippen LogP) is 2.84. The summed E-state index contributed by atoms with van der Waals surface area (Å²) in [6, 6.07) is 13.7. The van der Waals surface area contributed by atoms with Crippen LogP contribution in [0, 0.1) is 0 Å². The van der Waals surface area contributed by atoms with Gasteiger partial charge in [-0.3, -0.25) is 4.79 Å². The van der Waals surface area contributed by atoms with Crippen molar-refractivity contribution in [3.63, 3.8) is 0 Å². The van der Waals surface area contributed by atoms with E-state index in [1.807, 2.05) is 6.07 Å². The van der Waals surface area contributed by atoms with Crippen LogP contribution in [0.15, 0.2) is 53.4 Å². The van der Waals surface area contributed by atoms with Crippen molar-refractivity contribution in [2.24, 2.45) is 0 Å². The zero-order valence-corrected chi connectivity index (χ0v) is 16.9. The predicted molar refractivity (Wildman–Crippen MR) is 108 cm³/mol. The molecule has 152 valence electrons. The van der Waals surface area contributed by atoms with Crippen molar-refractivity contribution in [2.75, 3.05) is 18.8 Å². The molecule has 0 unspecified atom stereocenters. The molecule has 0 radical (unpaired) electrons. The Balaban J connectivity index is 1.78. The fourth-order valence-electron chi connectivity index (χ4n) is 2.70. The van der Waals surface area contributed by atoms with Gasteiger partial charge >= 0.3 is 5.97 Å². The van der Waals surface area contributed by atoms with E-state index in [0.717, 1.165) is 11.1 Å². The molecule has 8 heteroatoms. The Morgan fingerprint density at radius 1 is 1.14 bits per heavy atom. The molecule has 0 heterocycles. The molecule has 2 aromatic rings. The minimum absolute atomic E-state index is 0.0955. The number of halogens is 1. The number of sulfone groups is 1. The van der Waals surface area contributed by atoms with Crippen molar-refractivity contribution < 1.29 is 23.4 Å². The van der Waals surface area contributed by atoms with E-state index in [4.69, 9.17) is 16.7 Å². The average molecular weight is 426 g/mol. The summed E-state index contributed by atoms with van der Waals surface area (Å²) in [4.78, 5) is 10.7. The number of hydrogen-bond acceptors (Lipinski definition) is 5. The van der Waals surface area contributed by atoms with Gasteiger partial charge in [-0.1, -0.05) is 35.9 Å². The van der Waals surface area contributed by atoms with Crippen LogP contribution in [-0.2, 0) is 21.1 Å². The molecule has 0 aliphatic heterocycles. The first-order valence-electron chi connectivity index (χ1n) is 8.95. The van der Waals surface area contributed by atoms with Crippen LogP contribution in [0.3, 0.4) is 0 Å². The molecule has 0 saturated carbocycles. The van der Waals surface area contributed by atoms with Gasteiger partial charge in [0.05, 0.1) is 16.8 Å². The Hall–Kier alpha value is -1.93. The van der Waals surface area contributed by atoms with Crippen molar-refractivity contribution in [1.29, 1.82) is 0 Å². The van der Waals surface area contributed by atoms with E-state index in [-0.39, 0.29) is 23.5 Å². The van der Waals surface area contributed by atoms with Crippen LogP contribution in [0.1, 0.15) is 30.1 Å². The Labute approximate surface area is 170 Å². The highest BCUT2D eigenvalue weighted by atomic mass is 35.5. The number of nitrogens with one attached hydrogen (secondary N) is 1. The van der Waals surface area contributed by atoms with Crippen LogP contribution in [0.25, 0.3) is 0 Å². The van der Waals surface area contributed by atoms with E-state index in [1.165, 1.54) is 0 Å². The lowest BCUT2D eigenvalue weighted by molar-refractivity contribution is -0.137. The molecule has 2 aromatic carbocycles. The number of aliphatic carboxylic acids is 1. The summed E-state index contributed by atoms with van der Waals surface area (Å²) in [5.41, 5.74) is 1.71. The quantitative estimate of drug-likeness (QED) is 0.478. The third kappa shape index (κ3) is 7.24. The monoisotopic (exact) mass is 425 g/mol. The topological polar surface area (TPSA) is 104 Å². The number of benzene rings is 2. The maximum Gasteiger partial charge on any atom is 0.303 e. The largest absolute Gasteiger partial charge is 0.481 e. The minimum atomic E-state index is -3.47. The highest BCUT2D eigenvalue weighted by Crippen LogP contribution is 2.17. The molecule has 0 amide bonds. The molecule has 0 aliphatic rings. The van der Waals surface area contributed by atoms with E-state index in [2.05, 4.69) is 5.32 Å². The van der Waals surface area contributed by atoms with Gasteiger partial charge in [-0.2, -0.15) is 0 Å². The summed E-state index contributed by atoms with van der Waals surface area (Å²) in [6.07, 6.45) is -0.0405. The van der Waals surface area contributed by atoms with Gasteiger partial charge in [-0.25, -0.2) is 8.42 Å². The first-order valence-corrected chi connectivity index (χ1v) is 11.0. The van der Waals surface area contributed by atoms with E-state index >= 15 is 0 Å². The number of rotatable bonds is 11. The highest BCUT2D eigenvalue weighted by molar-refractivity contribution is 7.91. The molecule has 0 spiro atoms. The molecule has 6 nitrogen and oxygen atoms in total. The average Bonchev–Trinajstić information content (AvgIpc) is 2.65. The molecular formula is C20H24ClNO5S. The zero-order chi connectivity index (χ0) is 20.6. The van der Waals surface area contributed by atoms with E-state index in [0.29, 0.717) is 24.5 Å². The molecular weight excluding hydrogens is 402 g/mol. The number of carboxylic acid groups (broad SMARTS) is 1. The summed E-state index contributed by atoms with van der Waals surface area (Å²) in [5, 5.41) is 22.5. The fourth-order valence-corrected chi connectivity index (χ4v) is 4.21. The van der Waals surface area contributed by atoms with Gasteiger partial charge in [0.25, 0.3) is 0 Å². The second kappa shape index (κ2) is 10.6. The number of hydrogen-bond donors (Lipinski definition) is 3. The van der Waals surface area contributed by atoms with Crippen molar-refractivity contribution in [1.82, 2.24) is 5.32 Å². The number of carbonyl (C=O) groups is 1. The Kier molecular flexibility index (Phi) is 8.44. The maximum absolute atomic E-state index is 12.2. The number of aliphatic hydroxyl groups excluding tert-OH is 1. The lowest BCUT2D eigenvalue weighted by atomic mass is 10.1. The molecule has 3 N–H and O–H groups in total. The zero-order valence-electron chi connectivity index (χ0n) is 15.3. The lowest BCUT2D eigenvalue weighted by Gasteiger charge is -2.12. The Bertz CT molecular complexity index is 884. The van der Waals surface area contributed by atoms with E-state index in [9.17, 15) is 18.3 Å². The van der Waals surface area contributed by atoms with Gasteiger partial charge in [0.2, 0.25) is 0 Å². The summed E-state index contributed by atoms with van der Waals surface area (Å²) in [7, 11) is -3.47. The summed E-state index contributed by atoms with van der Waals surface area (Å²) in [6.45, 7) is 1.01. The van der Waals surface area contributed by atoms with Crippen LogP contribution >= 0.6 is 11.6 Å². The van der Waals surface area contributed by atoms with Gasteiger partial charge in [-0.05, 0) is 54.8 Å². The second-order valence-corrected chi connectivity index (χ2v) is 9.03. The molecule has 0 aliphatic carbocycles. The molecule has 0 aromatic heterocycles. The third-order valence-electron chi connectivity index (χ3n) is 4.25. The van der Waals surface area contributed by atoms with Crippen LogP contribution in [0.4, 0.5) is 0 Å². The molecule has 1 atom stereocenters. The van der Waals surface area contributed by atoms with Gasteiger partial charge in [0.15, 0.2) is 9.84 Å². The molecule has 0 fully saturated rings. The van der Waals surface area contributed by atoms with Gasteiger partial charge in [0, 0.05) is 18.0 Å². The number of carboxylic acids is 1. The standard InChI is InChI=1S/C20H24ClNO5S/c21-17-4-1-3-16(13-17)19(23)14-22-11-10-15-6-8-18(9-7-15)28(26,27)12-2-5-20(24)25/h1,3-4,6-9,13,19,22-23H,2,5,10-12,14H2,(H,24,25)/t19-/m1/s1. The Morgan fingerprint density at radius 3 is 2.50 bits per heavy atom. The van der Waals surface area contributed by atoms with Crippen LogP contribution in [-0.4, -0.2) is 43.4 Å². The summed E-state index contributed by atoms with van der Waals surface area (Å²) < 4.78 is 24.4. The van der Waals surface area contributed by atoms with Gasteiger partial charge in [0.1, 0.15) is 0 Å². The SMILES string of the molecule is O=C(O)CCCS(=O)(=O)c1ccc(CCNC[C@@H](O)c2cccc(Cl)c2)cc1. The van der Waals surface area contributed by atoms with Crippen molar-refractivity contribution in [3.8, 4) is 0 Å². The summed E-state index contributed by atoms with van der Waals surface area (Å²) in [5.74, 6) is -1.18. The van der Waals surface area contributed by atoms with Gasteiger partial charge in [-0.15, -0.1) is 0 Å². The fraction of sp³-hybridized carbons (Fsp3) is 0.350. The van der Waals surface area contributed by atoms with Crippen molar-refractivity contribution >= 4 is 27.4 Å². The van der Waals surface area contributed by atoms with E-state index < -0.39 is 21.9 Å². The van der Waals surface area contributed by atoms with Crippen LogP contribution < -0.4 is 5.32 Å². The molecule has 0 bridgehead atoms. The lowest BCUT2D eigenvalue weighted by Crippen LogP contribution is -2.23. The first kappa shape index (κ1) is 22.4. The van der Waals surface area contributed by atoms with Gasteiger partial charge < -0.3 is 15.5 Å². The smallest absolute Gasteiger partial charge is 0.303 e. The van der Waals surface area contributed by atoms with Crippen molar-refractivity contribution in [3.05, 3.63) is 64.7 Å². The third-order valence-corrected chi connectivity index (χ3v) is 6.30. The highest BCUT2D eigenvalue weighted by Gasteiger charge is 2.15.